The second-order valence-corrected chi connectivity index (χ2v) is 5.37. The van der Waals surface area contributed by atoms with E-state index in [2.05, 4.69) is 54.7 Å². The molecule has 0 saturated heterocycles. The highest BCUT2D eigenvalue weighted by Crippen LogP contribution is 2.24. The van der Waals surface area contributed by atoms with Gasteiger partial charge in [-0.2, -0.15) is 0 Å². The molecule has 0 aromatic heterocycles. The quantitative estimate of drug-likeness (QED) is 0.752. The lowest BCUT2D eigenvalue weighted by atomic mass is 9.89. The van der Waals surface area contributed by atoms with Crippen molar-refractivity contribution in [2.24, 2.45) is 5.92 Å². The Kier molecular flexibility index (Phi) is 5.47. The maximum atomic E-state index is 3.55. The van der Waals surface area contributed by atoms with Gasteiger partial charge in [-0.15, -0.1) is 0 Å². The summed E-state index contributed by atoms with van der Waals surface area (Å²) in [7, 11) is 0. The van der Waals surface area contributed by atoms with Crippen molar-refractivity contribution in [3.8, 4) is 0 Å². The van der Waals surface area contributed by atoms with Gasteiger partial charge in [0.1, 0.15) is 0 Å². The largest absolute Gasteiger partial charge is 0.307 e. The van der Waals surface area contributed by atoms with E-state index in [9.17, 15) is 0 Å². The molecular formula is C17H25N. The molecule has 1 aliphatic carbocycles. The Morgan fingerprint density at radius 1 is 1.17 bits per heavy atom. The van der Waals surface area contributed by atoms with Crippen LogP contribution in [0.3, 0.4) is 0 Å². The lowest BCUT2D eigenvalue weighted by molar-refractivity contribution is 0.418. The van der Waals surface area contributed by atoms with Crippen LogP contribution in [0.4, 0.5) is 0 Å². The first-order valence-corrected chi connectivity index (χ1v) is 7.31. The van der Waals surface area contributed by atoms with Crippen LogP contribution in [0.1, 0.15) is 50.6 Å². The smallest absolute Gasteiger partial charge is 0.0294 e. The van der Waals surface area contributed by atoms with E-state index < -0.39 is 0 Å². The van der Waals surface area contributed by atoms with E-state index in [0.717, 1.165) is 12.5 Å². The molecule has 1 fully saturated rings. The first kappa shape index (κ1) is 13.4. The Hall–Kier alpha value is -1.08. The Labute approximate surface area is 111 Å². The van der Waals surface area contributed by atoms with Crippen LogP contribution in [0.2, 0.25) is 0 Å². The molecule has 1 unspecified atom stereocenters. The van der Waals surface area contributed by atoms with Gasteiger partial charge in [-0.3, -0.25) is 0 Å². The van der Waals surface area contributed by atoms with Gasteiger partial charge in [0.15, 0.2) is 0 Å². The number of rotatable bonds is 5. The van der Waals surface area contributed by atoms with E-state index in [4.69, 9.17) is 0 Å². The van der Waals surface area contributed by atoms with Crippen LogP contribution < -0.4 is 5.32 Å². The van der Waals surface area contributed by atoms with E-state index in [1.165, 1.54) is 37.7 Å². The summed E-state index contributed by atoms with van der Waals surface area (Å²) < 4.78 is 0. The Balaban J connectivity index is 1.70. The summed E-state index contributed by atoms with van der Waals surface area (Å²) >= 11 is 0. The molecule has 1 heteroatoms. The molecule has 18 heavy (non-hydrogen) atoms. The van der Waals surface area contributed by atoms with Crippen molar-refractivity contribution in [2.75, 3.05) is 6.54 Å². The third-order valence-corrected chi connectivity index (χ3v) is 3.90. The van der Waals surface area contributed by atoms with Crippen molar-refractivity contribution < 1.29 is 0 Å². The zero-order chi connectivity index (χ0) is 12.6. The zero-order valence-corrected chi connectivity index (χ0v) is 11.4. The van der Waals surface area contributed by atoms with Crippen molar-refractivity contribution in [3.05, 3.63) is 48.0 Å². The zero-order valence-electron chi connectivity index (χ0n) is 11.4. The highest BCUT2D eigenvalue weighted by Gasteiger charge is 2.09. The lowest BCUT2D eigenvalue weighted by Crippen LogP contribution is -2.18. The molecule has 0 bridgehead atoms. The molecule has 0 radical (unpaired) electrons. The Morgan fingerprint density at radius 3 is 2.61 bits per heavy atom. The average Bonchev–Trinajstić information content (AvgIpc) is 2.45. The average molecular weight is 243 g/mol. The third-order valence-electron chi connectivity index (χ3n) is 3.90. The van der Waals surface area contributed by atoms with Gasteiger partial charge in [-0.05, 0) is 31.2 Å². The van der Waals surface area contributed by atoms with Crippen molar-refractivity contribution in [1.82, 2.24) is 5.32 Å². The van der Waals surface area contributed by atoms with Gasteiger partial charge < -0.3 is 5.32 Å². The van der Waals surface area contributed by atoms with Crippen LogP contribution in [0.15, 0.2) is 42.5 Å². The van der Waals surface area contributed by atoms with Crippen LogP contribution in [0.25, 0.3) is 0 Å². The maximum Gasteiger partial charge on any atom is 0.0294 e. The van der Waals surface area contributed by atoms with Crippen LogP contribution in [-0.4, -0.2) is 6.54 Å². The summed E-state index contributed by atoms with van der Waals surface area (Å²) in [6.45, 7) is 3.20. The fraction of sp³-hybridized carbons (Fsp3) is 0.529. The molecule has 0 heterocycles. The second-order valence-electron chi connectivity index (χ2n) is 5.37. The number of allylic oxidation sites excluding steroid dienone is 1. The molecule has 1 aromatic rings. The molecule has 1 atom stereocenters. The van der Waals surface area contributed by atoms with Crippen LogP contribution >= 0.6 is 0 Å². The Morgan fingerprint density at radius 2 is 1.89 bits per heavy atom. The minimum Gasteiger partial charge on any atom is -0.307 e. The summed E-state index contributed by atoms with van der Waals surface area (Å²) in [6, 6.07) is 11.1. The van der Waals surface area contributed by atoms with E-state index in [0.29, 0.717) is 6.04 Å². The maximum absolute atomic E-state index is 3.55. The van der Waals surface area contributed by atoms with E-state index in [1.807, 2.05) is 0 Å². The first-order valence-electron chi connectivity index (χ1n) is 7.31. The Bertz CT molecular complexity index is 349. The number of nitrogens with one attached hydrogen (secondary N) is 1. The van der Waals surface area contributed by atoms with Crippen LogP contribution in [-0.2, 0) is 0 Å². The lowest BCUT2D eigenvalue weighted by Gasteiger charge is -2.18. The third kappa shape index (κ3) is 4.30. The van der Waals surface area contributed by atoms with Crippen molar-refractivity contribution in [3.63, 3.8) is 0 Å². The number of hydrogen-bond donors (Lipinski definition) is 1. The van der Waals surface area contributed by atoms with Gasteiger partial charge >= 0.3 is 0 Å². The van der Waals surface area contributed by atoms with Crippen molar-refractivity contribution >= 4 is 0 Å². The molecule has 0 aliphatic heterocycles. The molecule has 0 amide bonds. The predicted molar refractivity (Wildman–Crippen MR) is 78.6 cm³/mol. The first-order chi connectivity index (χ1) is 8.86. The normalized spacial score (nSPS) is 19.2. The van der Waals surface area contributed by atoms with Gasteiger partial charge in [0.2, 0.25) is 0 Å². The van der Waals surface area contributed by atoms with Crippen LogP contribution in [0, 0.1) is 5.92 Å². The summed E-state index contributed by atoms with van der Waals surface area (Å²) in [5.41, 5.74) is 1.36. The highest BCUT2D eigenvalue weighted by molar-refractivity contribution is 5.18. The molecule has 0 spiro atoms. The molecule has 1 N–H and O–H groups in total. The molecule has 1 saturated carbocycles. The highest BCUT2D eigenvalue weighted by atomic mass is 14.9. The predicted octanol–water partition coefficient (Wildman–Crippen LogP) is 4.47. The van der Waals surface area contributed by atoms with Gasteiger partial charge in [0, 0.05) is 12.6 Å². The van der Waals surface area contributed by atoms with Gasteiger partial charge in [0.05, 0.1) is 0 Å². The van der Waals surface area contributed by atoms with Crippen molar-refractivity contribution in [1.29, 1.82) is 0 Å². The van der Waals surface area contributed by atoms with Crippen LogP contribution in [0.5, 0.6) is 0 Å². The van der Waals surface area contributed by atoms with E-state index in [1.54, 1.807) is 0 Å². The van der Waals surface area contributed by atoms with Gasteiger partial charge in [0.25, 0.3) is 0 Å². The van der Waals surface area contributed by atoms with Crippen molar-refractivity contribution in [2.45, 2.75) is 45.1 Å². The van der Waals surface area contributed by atoms with E-state index in [-0.39, 0.29) is 0 Å². The summed E-state index contributed by atoms with van der Waals surface area (Å²) in [5, 5.41) is 3.55. The molecule has 1 aromatic carbocycles. The minimum absolute atomic E-state index is 0.433. The molecule has 1 aliphatic rings. The van der Waals surface area contributed by atoms with Gasteiger partial charge in [-0.1, -0.05) is 61.7 Å². The SMILES string of the molecule is CC(NC/C=C/C1CCCCC1)c1ccccc1. The van der Waals surface area contributed by atoms with Gasteiger partial charge in [-0.25, -0.2) is 0 Å². The standard InChI is InChI=1S/C17H25N/c1-15(17-12-6-3-7-13-17)18-14-8-11-16-9-4-2-5-10-16/h3,6-8,11-13,15-16,18H,2,4-5,9-10,14H2,1H3/b11-8+. The minimum atomic E-state index is 0.433. The molecule has 1 nitrogen and oxygen atoms in total. The fourth-order valence-corrected chi connectivity index (χ4v) is 2.69. The molecular weight excluding hydrogens is 218 g/mol. The number of hydrogen-bond acceptors (Lipinski definition) is 1. The molecule has 2 rings (SSSR count). The number of benzene rings is 1. The molecule has 98 valence electrons. The van der Waals surface area contributed by atoms with E-state index >= 15 is 0 Å². The summed E-state index contributed by atoms with van der Waals surface area (Å²) in [4.78, 5) is 0. The summed E-state index contributed by atoms with van der Waals surface area (Å²) in [6.07, 6.45) is 11.8. The fourth-order valence-electron chi connectivity index (χ4n) is 2.69. The topological polar surface area (TPSA) is 12.0 Å². The second kappa shape index (κ2) is 7.38. The monoisotopic (exact) mass is 243 g/mol. The summed E-state index contributed by atoms with van der Waals surface area (Å²) in [5.74, 6) is 0.840.